The highest BCUT2D eigenvalue weighted by atomic mass is 79.9. The Bertz CT molecular complexity index is 434. The third kappa shape index (κ3) is 1.70. The van der Waals surface area contributed by atoms with Crippen molar-refractivity contribution >= 4 is 26.8 Å². The van der Waals surface area contributed by atoms with E-state index in [4.69, 9.17) is 5.73 Å². The normalized spacial score (nSPS) is 11.0. The van der Waals surface area contributed by atoms with Gasteiger partial charge in [-0.3, -0.25) is 0 Å². The van der Waals surface area contributed by atoms with E-state index in [-0.39, 0.29) is 0 Å². The van der Waals surface area contributed by atoms with Gasteiger partial charge in [0, 0.05) is 21.6 Å². The average Bonchev–Trinajstić information content (AvgIpc) is 2.58. The van der Waals surface area contributed by atoms with Crippen LogP contribution in [-0.4, -0.2) is 11.5 Å². The lowest BCUT2D eigenvalue weighted by atomic mass is 10.1. The lowest BCUT2D eigenvalue weighted by Gasteiger charge is -2.01. The maximum atomic E-state index is 5.51. The maximum Gasteiger partial charge on any atom is 0.0498 e. The van der Waals surface area contributed by atoms with E-state index in [1.54, 1.807) is 0 Å². The summed E-state index contributed by atoms with van der Waals surface area (Å²) in [4.78, 5) is 3.28. The molecule has 0 aliphatic rings. The minimum Gasteiger partial charge on any atom is -0.360 e. The Morgan fingerprint density at radius 2 is 2.21 bits per heavy atom. The summed E-state index contributed by atoms with van der Waals surface area (Å²) in [5, 5.41) is 1.25. The van der Waals surface area contributed by atoms with Crippen LogP contribution in [0.25, 0.3) is 10.9 Å². The number of rotatable bonds is 3. The second kappa shape index (κ2) is 4.15. The molecule has 1 aromatic heterocycles. The van der Waals surface area contributed by atoms with E-state index in [0.29, 0.717) is 0 Å². The molecule has 0 bridgehead atoms. The number of fused-ring (bicyclic) bond motifs is 1. The molecule has 0 saturated heterocycles. The number of aromatic amines is 1. The van der Waals surface area contributed by atoms with Crippen molar-refractivity contribution in [2.75, 3.05) is 6.54 Å². The van der Waals surface area contributed by atoms with Crippen molar-refractivity contribution in [1.82, 2.24) is 4.98 Å². The van der Waals surface area contributed by atoms with Crippen molar-refractivity contribution in [3.63, 3.8) is 0 Å². The number of H-pyrrole nitrogens is 1. The number of nitrogens with one attached hydrogen (secondary N) is 1. The number of halogens is 1. The molecule has 0 unspecified atom stereocenters. The van der Waals surface area contributed by atoms with E-state index in [1.807, 2.05) is 6.20 Å². The van der Waals surface area contributed by atoms with E-state index in [9.17, 15) is 0 Å². The number of hydrogen-bond donors (Lipinski definition) is 2. The summed E-state index contributed by atoms with van der Waals surface area (Å²) in [6.07, 6.45) is 4.06. The summed E-state index contributed by atoms with van der Waals surface area (Å²) >= 11 is 3.51. The zero-order chi connectivity index (χ0) is 9.97. The molecular formula is C11H13BrN2. The van der Waals surface area contributed by atoms with Crippen LogP contribution in [0.1, 0.15) is 12.0 Å². The third-order valence-electron chi connectivity index (χ3n) is 2.40. The van der Waals surface area contributed by atoms with Crippen LogP contribution in [0.5, 0.6) is 0 Å². The van der Waals surface area contributed by atoms with Gasteiger partial charge in [0.25, 0.3) is 0 Å². The first kappa shape index (κ1) is 9.74. The van der Waals surface area contributed by atoms with Gasteiger partial charge in [0.15, 0.2) is 0 Å². The summed E-state index contributed by atoms with van der Waals surface area (Å²) in [5.41, 5.74) is 8.08. The Balaban J connectivity index is 2.44. The van der Waals surface area contributed by atoms with Crippen molar-refractivity contribution in [2.45, 2.75) is 12.8 Å². The highest BCUT2D eigenvalue weighted by molar-refractivity contribution is 9.10. The van der Waals surface area contributed by atoms with Crippen LogP contribution in [-0.2, 0) is 6.42 Å². The van der Waals surface area contributed by atoms with Crippen LogP contribution in [0.4, 0.5) is 0 Å². The van der Waals surface area contributed by atoms with E-state index in [2.05, 4.69) is 39.1 Å². The van der Waals surface area contributed by atoms with Gasteiger partial charge < -0.3 is 10.7 Å². The molecule has 0 radical (unpaired) electrons. The lowest BCUT2D eigenvalue weighted by Crippen LogP contribution is -2.00. The first-order valence-electron chi connectivity index (χ1n) is 4.77. The number of aromatic nitrogens is 1. The van der Waals surface area contributed by atoms with Crippen LogP contribution in [0, 0.1) is 0 Å². The molecule has 3 N–H and O–H groups in total. The summed E-state index contributed by atoms with van der Waals surface area (Å²) in [6, 6.07) is 6.36. The Kier molecular flexibility index (Phi) is 2.89. The Morgan fingerprint density at radius 1 is 1.36 bits per heavy atom. The fourth-order valence-electron chi connectivity index (χ4n) is 1.68. The van der Waals surface area contributed by atoms with Crippen LogP contribution >= 0.6 is 15.9 Å². The van der Waals surface area contributed by atoms with Crippen molar-refractivity contribution in [2.24, 2.45) is 5.73 Å². The number of nitrogens with two attached hydrogens (primary N) is 1. The molecule has 0 saturated carbocycles. The van der Waals surface area contributed by atoms with Crippen LogP contribution in [0.15, 0.2) is 28.9 Å². The summed E-state index contributed by atoms with van der Waals surface area (Å²) < 4.78 is 1.13. The molecule has 2 aromatic rings. The molecule has 0 aliphatic carbocycles. The second-order valence-corrected chi connectivity index (χ2v) is 4.22. The molecule has 0 aliphatic heterocycles. The minimum absolute atomic E-state index is 0.748. The van der Waals surface area contributed by atoms with Gasteiger partial charge in [-0.1, -0.05) is 18.2 Å². The van der Waals surface area contributed by atoms with Crippen LogP contribution in [0.2, 0.25) is 0 Å². The molecule has 0 amide bonds. The van der Waals surface area contributed by atoms with Crippen LogP contribution < -0.4 is 5.73 Å². The smallest absolute Gasteiger partial charge is 0.0498 e. The number of hydrogen-bond acceptors (Lipinski definition) is 1. The molecule has 0 atom stereocenters. The fourth-order valence-corrected chi connectivity index (χ4v) is 2.13. The van der Waals surface area contributed by atoms with E-state index < -0.39 is 0 Å². The largest absolute Gasteiger partial charge is 0.360 e. The van der Waals surface area contributed by atoms with Gasteiger partial charge >= 0.3 is 0 Å². The Labute approximate surface area is 91.6 Å². The molecule has 3 heteroatoms. The summed E-state index contributed by atoms with van der Waals surface area (Å²) in [5.74, 6) is 0. The number of aryl methyl sites for hydroxylation is 1. The standard InChI is InChI=1S/C11H13BrN2/c12-10-7-14-11-8(4-2-6-13)3-1-5-9(10)11/h1,3,5,7,14H,2,4,6,13H2. The summed E-state index contributed by atoms with van der Waals surface area (Å²) in [7, 11) is 0. The highest BCUT2D eigenvalue weighted by Gasteiger charge is 2.04. The lowest BCUT2D eigenvalue weighted by molar-refractivity contribution is 0.836. The number of benzene rings is 1. The van der Waals surface area contributed by atoms with Crippen molar-refractivity contribution < 1.29 is 0 Å². The molecular weight excluding hydrogens is 240 g/mol. The Hall–Kier alpha value is -0.800. The van der Waals surface area contributed by atoms with Crippen LogP contribution in [0.3, 0.4) is 0 Å². The highest BCUT2D eigenvalue weighted by Crippen LogP contribution is 2.26. The Morgan fingerprint density at radius 3 is 3.00 bits per heavy atom. The molecule has 0 fully saturated rings. The van der Waals surface area contributed by atoms with Crippen molar-refractivity contribution in [1.29, 1.82) is 0 Å². The van der Waals surface area contributed by atoms with Gasteiger partial charge in [0.05, 0.1) is 0 Å². The molecule has 1 aromatic carbocycles. The van der Waals surface area contributed by atoms with E-state index in [0.717, 1.165) is 23.9 Å². The molecule has 14 heavy (non-hydrogen) atoms. The third-order valence-corrected chi connectivity index (χ3v) is 3.06. The predicted octanol–water partition coefficient (Wildman–Crippen LogP) is 2.82. The molecule has 0 spiro atoms. The van der Waals surface area contributed by atoms with Gasteiger partial charge in [-0.25, -0.2) is 0 Å². The van der Waals surface area contributed by atoms with E-state index in [1.165, 1.54) is 16.5 Å². The second-order valence-electron chi connectivity index (χ2n) is 3.37. The first-order valence-corrected chi connectivity index (χ1v) is 5.57. The zero-order valence-electron chi connectivity index (χ0n) is 7.89. The van der Waals surface area contributed by atoms with E-state index >= 15 is 0 Å². The van der Waals surface area contributed by atoms with Crippen molar-refractivity contribution in [3.8, 4) is 0 Å². The number of para-hydroxylation sites is 1. The van der Waals surface area contributed by atoms with Gasteiger partial charge in [0.2, 0.25) is 0 Å². The minimum atomic E-state index is 0.748. The summed E-state index contributed by atoms with van der Waals surface area (Å²) in [6.45, 7) is 0.748. The molecule has 2 nitrogen and oxygen atoms in total. The monoisotopic (exact) mass is 252 g/mol. The van der Waals surface area contributed by atoms with Gasteiger partial charge in [0.1, 0.15) is 0 Å². The van der Waals surface area contributed by atoms with Crippen molar-refractivity contribution in [3.05, 3.63) is 34.4 Å². The van der Waals surface area contributed by atoms with Gasteiger partial charge in [-0.05, 0) is 40.9 Å². The van der Waals surface area contributed by atoms with Gasteiger partial charge in [-0.15, -0.1) is 0 Å². The maximum absolute atomic E-state index is 5.51. The molecule has 1 heterocycles. The first-order chi connectivity index (χ1) is 6.83. The zero-order valence-corrected chi connectivity index (χ0v) is 9.47. The molecule has 2 rings (SSSR count). The van der Waals surface area contributed by atoms with Gasteiger partial charge in [-0.2, -0.15) is 0 Å². The quantitative estimate of drug-likeness (QED) is 0.867. The fraction of sp³-hybridized carbons (Fsp3) is 0.273. The predicted molar refractivity (Wildman–Crippen MR) is 63.4 cm³/mol. The SMILES string of the molecule is NCCCc1cccc2c(Br)c[nH]c12. The molecule has 74 valence electrons. The average molecular weight is 253 g/mol. The topological polar surface area (TPSA) is 41.8 Å².